The summed E-state index contributed by atoms with van der Waals surface area (Å²) in [6, 6.07) is 10.8. The quantitative estimate of drug-likeness (QED) is 0.856. The minimum absolute atomic E-state index is 0.452. The second kappa shape index (κ2) is 6.97. The Morgan fingerprint density at radius 2 is 1.90 bits per heavy atom. The molecule has 0 bridgehead atoms. The molecule has 1 aliphatic carbocycles. The van der Waals surface area contributed by atoms with Crippen molar-refractivity contribution in [2.24, 2.45) is 0 Å². The fraction of sp³-hybridized carbons (Fsp3) is 0.647. The molecule has 0 atom stereocenters. The molecular weight excluding hydrogens is 264 g/mol. The number of nitrogens with zero attached hydrogens (tertiary/aromatic N) is 1. The topological polar surface area (TPSA) is 15.3 Å². The summed E-state index contributed by atoms with van der Waals surface area (Å²) in [5.74, 6) is 1.21. The van der Waals surface area contributed by atoms with Crippen LogP contribution in [0.25, 0.3) is 0 Å². The predicted octanol–water partition coefficient (Wildman–Crippen LogP) is 3.39. The van der Waals surface area contributed by atoms with Crippen molar-refractivity contribution < 1.29 is 0 Å². The van der Waals surface area contributed by atoms with E-state index in [9.17, 15) is 0 Å². The maximum absolute atomic E-state index is 3.82. The van der Waals surface area contributed by atoms with E-state index in [2.05, 4.69) is 40.5 Å². The summed E-state index contributed by atoms with van der Waals surface area (Å²) in [6.45, 7) is 4.89. The zero-order chi connectivity index (χ0) is 13.7. The van der Waals surface area contributed by atoms with Gasteiger partial charge in [0.05, 0.1) is 0 Å². The fourth-order valence-electron chi connectivity index (χ4n) is 3.61. The smallest absolute Gasteiger partial charge is 0.0309 e. The van der Waals surface area contributed by atoms with Crippen molar-refractivity contribution >= 4 is 11.8 Å². The first-order valence-electron chi connectivity index (χ1n) is 8.02. The van der Waals surface area contributed by atoms with Crippen molar-refractivity contribution in [3.63, 3.8) is 0 Å². The van der Waals surface area contributed by atoms with Crippen LogP contribution in [0.1, 0.15) is 32.1 Å². The van der Waals surface area contributed by atoms with Gasteiger partial charge in [-0.15, -0.1) is 11.8 Å². The Hall–Kier alpha value is -0.510. The minimum Gasteiger partial charge on any atom is -0.309 e. The number of nitrogens with one attached hydrogen (secondary N) is 1. The molecule has 2 fully saturated rings. The van der Waals surface area contributed by atoms with Gasteiger partial charge in [-0.1, -0.05) is 37.5 Å². The Morgan fingerprint density at radius 3 is 2.70 bits per heavy atom. The van der Waals surface area contributed by atoms with Crippen LogP contribution in [0.2, 0.25) is 0 Å². The third-order valence-corrected chi connectivity index (χ3v) is 5.68. The molecule has 1 saturated carbocycles. The molecule has 3 heteroatoms. The van der Waals surface area contributed by atoms with Crippen LogP contribution in [0.5, 0.6) is 0 Å². The van der Waals surface area contributed by atoms with E-state index in [1.165, 1.54) is 68.9 Å². The zero-order valence-electron chi connectivity index (χ0n) is 12.3. The maximum Gasteiger partial charge on any atom is 0.0309 e. The van der Waals surface area contributed by atoms with E-state index in [4.69, 9.17) is 0 Å². The number of hydrogen-bond acceptors (Lipinski definition) is 3. The van der Waals surface area contributed by atoms with Crippen molar-refractivity contribution in [3.8, 4) is 0 Å². The summed E-state index contributed by atoms with van der Waals surface area (Å²) in [6.07, 6.45) is 7.04. The largest absolute Gasteiger partial charge is 0.309 e. The van der Waals surface area contributed by atoms with E-state index in [0.717, 1.165) is 0 Å². The summed E-state index contributed by atoms with van der Waals surface area (Å²) in [5.41, 5.74) is 0.452. The lowest BCUT2D eigenvalue weighted by Gasteiger charge is -2.46. The van der Waals surface area contributed by atoms with Gasteiger partial charge in [0, 0.05) is 42.4 Å². The number of rotatable bonds is 4. The monoisotopic (exact) mass is 290 g/mol. The average molecular weight is 290 g/mol. The Balaban J connectivity index is 1.45. The minimum atomic E-state index is 0.452. The van der Waals surface area contributed by atoms with Crippen LogP contribution in [0, 0.1) is 0 Å². The summed E-state index contributed by atoms with van der Waals surface area (Å²) >= 11 is 1.99. The molecular formula is C17H26N2S. The summed E-state index contributed by atoms with van der Waals surface area (Å²) < 4.78 is 0. The number of hydrogen-bond donors (Lipinski definition) is 1. The van der Waals surface area contributed by atoms with Crippen LogP contribution in [-0.2, 0) is 0 Å². The molecule has 1 aliphatic heterocycles. The highest BCUT2D eigenvalue weighted by Crippen LogP contribution is 2.30. The van der Waals surface area contributed by atoms with E-state index < -0.39 is 0 Å². The highest BCUT2D eigenvalue weighted by atomic mass is 32.2. The van der Waals surface area contributed by atoms with Gasteiger partial charge in [0.2, 0.25) is 0 Å². The summed E-state index contributed by atoms with van der Waals surface area (Å²) in [4.78, 5) is 4.08. The highest BCUT2D eigenvalue weighted by Gasteiger charge is 2.35. The van der Waals surface area contributed by atoms with Gasteiger partial charge in [-0.25, -0.2) is 0 Å². The molecule has 1 aromatic carbocycles. The van der Waals surface area contributed by atoms with Crippen molar-refractivity contribution in [1.82, 2.24) is 10.2 Å². The lowest BCUT2D eigenvalue weighted by molar-refractivity contribution is 0.104. The van der Waals surface area contributed by atoms with Crippen LogP contribution in [0.3, 0.4) is 0 Å². The molecule has 0 aromatic heterocycles. The number of benzene rings is 1. The van der Waals surface area contributed by atoms with Gasteiger partial charge in [0.15, 0.2) is 0 Å². The SMILES string of the molecule is c1ccc(SCCN2CCNC3(CCCCC3)C2)cc1. The third kappa shape index (κ3) is 3.78. The van der Waals surface area contributed by atoms with E-state index in [1.54, 1.807) is 0 Å². The van der Waals surface area contributed by atoms with Gasteiger partial charge in [0.25, 0.3) is 0 Å². The van der Waals surface area contributed by atoms with Crippen LogP contribution in [0.15, 0.2) is 35.2 Å². The molecule has 110 valence electrons. The molecule has 1 saturated heterocycles. The van der Waals surface area contributed by atoms with Gasteiger partial charge >= 0.3 is 0 Å². The first kappa shape index (κ1) is 14.4. The molecule has 1 aromatic rings. The molecule has 2 nitrogen and oxygen atoms in total. The molecule has 1 spiro atoms. The van der Waals surface area contributed by atoms with E-state index in [0.29, 0.717) is 5.54 Å². The number of piperazine rings is 1. The Labute approximate surface area is 127 Å². The average Bonchev–Trinajstić information content (AvgIpc) is 2.49. The van der Waals surface area contributed by atoms with Crippen LogP contribution in [0.4, 0.5) is 0 Å². The summed E-state index contributed by atoms with van der Waals surface area (Å²) in [7, 11) is 0. The second-order valence-corrected chi connectivity index (χ2v) is 7.37. The van der Waals surface area contributed by atoms with E-state index in [-0.39, 0.29) is 0 Å². The normalized spacial score (nSPS) is 23.0. The molecule has 0 amide bonds. The second-order valence-electron chi connectivity index (χ2n) is 6.21. The summed E-state index contributed by atoms with van der Waals surface area (Å²) in [5, 5.41) is 3.82. The number of thioether (sulfide) groups is 1. The van der Waals surface area contributed by atoms with Crippen molar-refractivity contribution in [2.75, 3.05) is 31.9 Å². The lowest BCUT2D eigenvalue weighted by atomic mass is 9.80. The van der Waals surface area contributed by atoms with Gasteiger partial charge in [-0.3, -0.25) is 4.90 Å². The first-order chi connectivity index (χ1) is 9.86. The molecule has 1 heterocycles. The van der Waals surface area contributed by atoms with Gasteiger partial charge in [-0.2, -0.15) is 0 Å². The third-order valence-electron chi connectivity index (χ3n) is 4.68. The van der Waals surface area contributed by atoms with E-state index >= 15 is 0 Å². The molecule has 1 N–H and O–H groups in total. The molecule has 20 heavy (non-hydrogen) atoms. The standard InChI is InChI=1S/C17H26N2S/c1-3-7-16(8-4-1)20-14-13-19-12-11-18-17(15-19)9-5-2-6-10-17/h1,3-4,7-8,18H,2,5-6,9-15H2. The molecule has 0 unspecified atom stereocenters. The Kier molecular flexibility index (Phi) is 5.03. The molecule has 2 aliphatic rings. The van der Waals surface area contributed by atoms with Crippen molar-refractivity contribution in [3.05, 3.63) is 30.3 Å². The Bertz CT molecular complexity index is 395. The maximum atomic E-state index is 3.82. The van der Waals surface area contributed by atoms with Gasteiger partial charge < -0.3 is 5.32 Å². The fourth-order valence-corrected chi connectivity index (χ4v) is 4.54. The van der Waals surface area contributed by atoms with Gasteiger partial charge in [0.1, 0.15) is 0 Å². The Morgan fingerprint density at radius 1 is 1.10 bits per heavy atom. The van der Waals surface area contributed by atoms with Crippen molar-refractivity contribution in [1.29, 1.82) is 0 Å². The molecule has 3 rings (SSSR count). The highest BCUT2D eigenvalue weighted by molar-refractivity contribution is 7.99. The zero-order valence-corrected chi connectivity index (χ0v) is 13.1. The van der Waals surface area contributed by atoms with Crippen LogP contribution < -0.4 is 5.32 Å². The lowest BCUT2D eigenvalue weighted by Crippen LogP contribution is -2.61. The first-order valence-corrected chi connectivity index (χ1v) is 9.00. The van der Waals surface area contributed by atoms with E-state index in [1.807, 2.05) is 11.8 Å². The van der Waals surface area contributed by atoms with Crippen molar-refractivity contribution in [2.45, 2.75) is 42.5 Å². The van der Waals surface area contributed by atoms with Crippen LogP contribution in [-0.4, -0.2) is 42.4 Å². The van der Waals surface area contributed by atoms with Gasteiger partial charge in [-0.05, 0) is 25.0 Å². The van der Waals surface area contributed by atoms with Crippen LogP contribution >= 0.6 is 11.8 Å². The molecule has 0 radical (unpaired) electrons. The predicted molar refractivity (Wildman–Crippen MR) is 87.4 cm³/mol.